The number of hydrogen-bond acceptors (Lipinski definition) is 4. The van der Waals surface area contributed by atoms with Crippen LogP contribution in [-0.2, 0) is 0 Å². The van der Waals surface area contributed by atoms with Crippen LogP contribution in [0.1, 0.15) is 38.1 Å². The molecule has 0 radical (unpaired) electrons. The maximum absolute atomic E-state index is 12.2. The van der Waals surface area contributed by atoms with E-state index < -0.39 is 0 Å². The van der Waals surface area contributed by atoms with Gasteiger partial charge in [-0.25, -0.2) is 5.43 Å². The Hall–Kier alpha value is -3.25. The minimum absolute atomic E-state index is 0.149. The Balaban J connectivity index is 1.69. The van der Waals surface area contributed by atoms with Gasteiger partial charge < -0.3 is 5.32 Å². The predicted molar refractivity (Wildman–Crippen MR) is 110 cm³/mol. The third kappa shape index (κ3) is 4.89. The number of nitrogens with one attached hydrogen (secondary N) is 2. The summed E-state index contributed by atoms with van der Waals surface area (Å²) in [6.07, 6.45) is 0. The molecule has 5 nitrogen and oxygen atoms in total. The summed E-state index contributed by atoms with van der Waals surface area (Å²) >= 11 is 1.39. The molecule has 2 amide bonds. The van der Waals surface area contributed by atoms with Gasteiger partial charge in [-0.3, -0.25) is 9.59 Å². The van der Waals surface area contributed by atoms with Crippen LogP contribution < -0.4 is 10.7 Å². The number of amides is 2. The summed E-state index contributed by atoms with van der Waals surface area (Å²) in [4.78, 5) is 25.0. The van der Waals surface area contributed by atoms with Gasteiger partial charge in [0.15, 0.2) is 0 Å². The van der Waals surface area contributed by atoms with Gasteiger partial charge in [-0.15, -0.1) is 11.3 Å². The van der Waals surface area contributed by atoms with Crippen molar-refractivity contribution in [3.05, 3.63) is 87.6 Å². The zero-order valence-corrected chi connectivity index (χ0v) is 15.8. The van der Waals surface area contributed by atoms with Crippen LogP contribution in [0.5, 0.6) is 0 Å². The van der Waals surface area contributed by atoms with Crippen molar-refractivity contribution in [2.45, 2.75) is 13.8 Å². The van der Waals surface area contributed by atoms with Crippen molar-refractivity contribution in [1.29, 1.82) is 0 Å². The minimum Gasteiger partial charge on any atom is -0.321 e. The second kappa shape index (κ2) is 8.42. The Morgan fingerprint density at radius 1 is 0.926 bits per heavy atom. The molecule has 0 bridgehead atoms. The van der Waals surface area contributed by atoms with E-state index in [0.29, 0.717) is 21.8 Å². The molecule has 0 aliphatic carbocycles. The average Bonchev–Trinajstić information content (AvgIpc) is 3.21. The van der Waals surface area contributed by atoms with Gasteiger partial charge >= 0.3 is 0 Å². The Labute approximate surface area is 161 Å². The van der Waals surface area contributed by atoms with Gasteiger partial charge in [-0.05, 0) is 55.1 Å². The topological polar surface area (TPSA) is 70.6 Å². The average molecular weight is 377 g/mol. The molecule has 2 N–H and O–H groups in total. The summed E-state index contributed by atoms with van der Waals surface area (Å²) in [5, 5.41) is 8.90. The molecule has 0 fully saturated rings. The highest BCUT2D eigenvalue weighted by atomic mass is 32.1. The number of aryl methyl sites for hydroxylation is 1. The predicted octanol–water partition coefficient (Wildman–Crippen LogP) is 4.46. The normalized spacial score (nSPS) is 11.1. The van der Waals surface area contributed by atoms with Gasteiger partial charge in [0.05, 0.1) is 10.6 Å². The minimum atomic E-state index is -0.264. The van der Waals surface area contributed by atoms with Crippen LogP contribution in [0.15, 0.2) is 71.1 Å². The van der Waals surface area contributed by atoms with Gasteiger partial charge in [0, 0.05) is 11.3 Å². The number of carbonyl (C=O) groups excluding carboxylic acids is 2. The third-order valence-electron chi connectivity index (χ3n) is 3.89. The van der Waals surface area contributed by atoms with E-state index in [1.807, 2.05) is 54.8 Å². The molecule has 1 heterocycles. The first kappa shape index (κ1) is 18.5. The molecule has 2 aromatic carbocycles. The van der Waals surface area contributed by atoms with Gasteiger partial charge in [0.1, 0.15) is 0 Å². The van der Waals surface area contributed by atoms with E-state index in [4.69, 9.17) is 0 Å². The molecule has 27 heavy (non-hydrogen) atoms. The van der Waals surface area contributed by atoms with Gasteiger partial charge in [-0.2, -0.15) is 5.10 Å². The molecule has 0 saturated carbocycles. The summed E-state index contributed by atoms with van der Waals surface area (Å²) in [6.45, 7) is 3.73. The molecule has 0 unspecified atom stereocenters. The van der Waals surface area contributed by atoms with E-state index >= 15 is 0 Å². The van der Waals surface area contributed by atoms with Gasteiger partial charge in [-0.1, -0.05) is 35.9 Å². The van der Waals surface area contributed by atoms with Crippen molar-refractivity contribution >= 4 is 34.6 Å². The number of carbonyl (C=O) groups is 2. The van der Waals surface area contributed by atoms with E-state index in [1.165, 1.54) is 11.3 Å². The number of benzene rings is 2. The fraction of sp³-hybridized carbons (Fsp3) is 0.0952. The molecule has 6 heteroatoms. The quantitative estimate of drug-likeness (QED) is 0.509. The fourth-order valence-corrected chi connectivity index (χ4v) is 3.09. The summed E-state index contributed by atoms with van der Waals surface area (Å²) in [5.74, 6) is -0.412. The smallest absolute Gasteiger partial charge is 0.271 e. The highest BCUT2D eigenvalue weighted by Gasteiger charge is 2.08. The lowest BCUT2D eigenvalue weighted by atomic mass is 10.1. The van der Waals surface area contributed by atoms with E-state index in [2.05, 4.69) is 15.8 Å². The van der Waals surface area contributed by atoms with E-state index in [0.717, 1.165) is 11.1 Å². The zero-order valence-electron chi connectivity index (χ0n) is 15.0. The van der Waals surface area contributed by atoms with Gasteiger partial charge in [0.2, 0.25) is 0 Å². The van der Waals surface area contributed by atoms with Crippen LogP contribution in [0, 0.1) is 6.92 Å². The highest BCUT2D eigenvalue weighted by Crippen LogP contribution is 2.15. The molecular formula is C21H19N3O2S. The Morgan fingerprint density at radius 3 is 2.44 bits per heavy atom. The number of rotatable bonds is 5. The summed E-state index contributed by atoms with van der Waals surface area (Å²) in [7, 11) is 0. The van der Waals surface area contributed by atoms with Crippen molar-refractivity contribution in [3.8, 4) is 0 Å². The molecule has 0 aliphatic heterocycles. The molecule has 0 atom stereocenters. The molecular weight excluding hydrogens is 358 g/mol. The SMILES string of the molecule is CC(=NNC(=O)c1cccc(C)c1)c1cccc(NC(=O)c2cccs2)c1. The molecule has 136 valence electrons. The van der Waals surface area contributed by atoms with Crippen molar-refractivity contribution in [1.82, 2.24) is 5.43 Å². The second-order valence-corrected chi connectivity index (χ2v) is 6.97. The van der Waals surface area contributed by atoms with Crippen LogP contribution in [0.3, 0.4) is 0 Å². The van der Waals surface area contributed by atoms with E-state index in [1.54, 1.807) is 25.1 Å². The first-order valence-corrected chi connectivity index (χ1v) is 9.27. The lowest BCUT2D eigenvalue weighted by Gasteiger charge is -2.07. The first-order valence-electron chi connectivity index (χ1n) is 8.39. The molecule has 0 aliphatic rings. The highest BCUT2D eigenvalue weighted by molar-refractivity contribution is 7.12. The molecule has 1 aromatic heterocycles. The number of nitrogens with zero attached hydrogens (tertiary/aromatic N) is 1. The maximum Gasteiger partial charge on any atom is 0.271 e. The second-order valence-electron chi connectivity index (χ2n) is 6.02. The number of hydrazone groups is 1. The van der Waals surface area contributed by atoms with E-state index in [9.17, 15) is 9.59 Å². The van der Waals surface area contributed by atoms with Crippen LogP contribution in [0.2, 0.25) is 0 Å². The molecule has 3 aromatic rings. The molecule has 0 saturated heterocycles. The largest absolute Gasteiger partial charge is 0.321 e. The van der Waals surface area contributed by atoms with Crippen molar-refractivity contribution in [3.63, 3.8) is 0 Å². The Bertz CT molecular complexity index is 994. The monoisotopic (exact) mass is 377 g/mol. The number of thiophene rings is 1. The van der Waals surface area contributed by atoms with Crippen LogP contribution >= 0.6 is 11.3 Å². The zero-order chi connectivity index (χ0) is 19.2. The van der Waals surface area contributed by atoms with Crippen molar-refractivity contribution in [2.24, 2.45) is 5.10 Å². The Morgan fingerprint density at radius 2 is 1.70 bits per heavy atom. The summed E-state index contributed by atoms with van der Waals surface area (Å²) in [6, 6.07) is 18.3. The maximum atomic E-state index is 12.2. The lowest BCUT2D eigenvalue weighted by Crippen LogP contribution is -2.19. The summed E-state index contributed by atoms with van der Waals surface area (Å²) in [5.41, 5.74) is 6.26. The Kier molecular flexibility index (Phi) is 5.78. The van der Waals surface area contributed by atoms with Crippen LogP contribution in [0.4, 0.5) is 5.69 Å². The van der Waals surface area contributed by atoms with Crippen molar-refractivity contribution < 1.29 is 9.59 Å². The van der Waals surface area contributed by atoms with Gasteiger partial charge in [0.25, 0.3) is 11.8 Å². The third-order valence-corrected chi connectivity index (χ3v) is 4.76. The van der Waals surface area contributed by atoms with Crippen LogP contribution in [-0.4, -0.2) is 17.5 Å². The lowest BCUT2D eigenvalue weighted by molar-refractivity contribution is 0.0954. The number of hydrogen-bond donors (Lipinski definition) is 2. The van der Waals surface area contributed by atoms with Crippen molar-refractivity contribution in [2.75, 3.05) is 5.32 Å². The van der Waals surface area contributed by atoms with Crippen LogP contribution in [0.25, 0.3) is 0 Å². The molecule has 3 rings (SSSR count). The fourth-order valence-electron chi connectivity index (χ4n) is 2.47. The number of anilines is 1. The standard InChI is InChI=1S/C21H19N3O2S/c1-14-6-3-8-17(12-14)20(25)24-23-15(2)16-7-4-9-18(13-16)22-21(26)19-10-5-11-27-19/h3-13H,1-2H3,(H,22,26)(H,24,25). The first-order chi connectivity index (χ1) is 13.0. The molecule has 0 spiro atoms. The van der Waals surface area contributed by atoms with E-state index in [-0.39, 0.29) is 11.8 Å². The summed E-state index contributed by atoms with van der Waals surface area (Å²) < 4.78 is 0.